The summed E-state index contributed by atoms with van der Waals surface area (Å²) in [6, 6.07) is 7.42. The Bertz CT molecular complexity index is 442. The highest BCUT2D eigenvalue weighted by Crippen LogP contribution is 2.28. The molecule has 0 N–H and O–H groups in total. The number of benzene rings is 1. The number of ketones is 1. The van der Waals surface area contributed by atoms with Crippen molar-refractivity contribution in [3.8, 4) is 5.75 Å². The molecule has 0 saturated carbocycles. The van der Waals surface area contributed by atoms with Gasteiger partial charge >= 0.3 is 0 Å². The summed E-state index contributed by atoms with van der Waals surface area (Å²) >= 11 is 0. The number of hydrogen-bond acceptors (Lipinski definition) is 3. The monoisotopic (exact) mass is 249 g/mol. The number of carbonyl (C=O) groups is 2. The first-order chi connectivity index (χ1) is 8.47. The quantitative estimate of drug-likeness (QED) is 0.751. The van der Waals surface area contributed by atoms with Gasteiger partial charge in [-0.15, -0.1) is 0 Å². The smallest absolute Gasteiger partial charge is 0.230 e. The summed E-state index contributed by atoms with van der Waals surface area (Å²) < 4.78 is 5.27. The fraction of sp³-hybridized carbons (Fsp3) is 0.429. The minimum atomic E-state index is -0.180. The molecular weight excluding hydrogens is 230 g/mol. The molecule has 1 unspecified atom stereocenters. The molecule has 1 aromatic rings. The Morgan fingerprint density at radius 2 is 1.94 bits per heavy atom. The van der Waals surface area contributed by atoms with Gasteiger partial charge in [0.25, 0.3) is 0 Å². The SMILES string of the molecule is COc1ccccc1C(C)N(C)C(=O)CC(C)=O. The van der Waals surface area contributed by atoms with E-state index < -0.39 is 0 Å². The van der Waals surface area contributed by atoms with E-state index in [-0.39, 0.29) is 24.2 Å². The van der Waals surface area contributed by atoms with E-state index in [1.807, 2.05) is 31.2 Å². The molecule has 0 saturated heterocycles. The maximum absolute atomic E-state index is 11.8. The van der Waals surface area contributed by atoms with Gasteiger partial charge in [0.1, 0.15) is 11.5 Å². The van der Waals surface area contributed by atoms with Gasteiger partial charge < -0.3 is 9.64 Å². The Kier molecular flexibility index (Phi) is 4.89. The summed E-state index contributed by atoms with van der Waals surface area (Å²) in [6.45, 7) is 3.33. The van der Waals surface area contributed by atoms with Crippen LogP contribution < -0.4 is 4.74 Å². The molecule has 0 aliphatic heterocycles. The zero-order chi connectivity index (χ0) is 13.7. The molecule has 0 bridgehead atoms. The number of nitrogens with zero attached hydrogens (tertiary/aromatic N) is 1. The van der Waals surface area contributed by atoms with Crippen LogP contribution in [-0.2, 0) is 9.59 Å². The minimum absolute atomic E-state index is 0.0595. The molecule has 0 aliphatic rings. The lowest BCUT2D eigenvalue weighted by molar-refractivity contribution is -0.135. The van der Waals surface area contributed by atoms with Crippen LogP contribution in [0, 0.1) is 0 Å². The second-order valence-electron chi connectivity index (χ2n) is 4.30. The zero-order valence-electron chi connectivity index (χ0n) is 11.3. The molecule has 4 nitrogen and oxygen atoms in total. The summed E-state index contributed by atoms with van der Waals surface area (Å²) in [4.78, 5) is 24.4. The van der Waals surface area contributed by atoms with E-state index in [1.165, 1.54) is 6.92 Å². The van der Waals surface area contributed by atoms with Crippen LogP contribution in [0.2, 0.25) is 0 Å². The first-order valence-corrected chi connectivity index (χ1v) is 5.85. The van der Waals surface area contributed by atoms with Crippen LogP contribution in [0.5, 0.6) is 5.75 Å². The molecule has 1 atom stereocenters. The first-order valence-electron chi connectivity index (χ1n) is 5.85. The van der Waals surface area contributed by atoms with E-state index in [9.17, 15) is 9.59 Å². The van der Waals surface area contributed by atoms with Crippen LogP contribution in [-0.4, -0.2) is 30.7 Å². The summed E-state index contributed by atoms with van der Waals surface area (Å²) in [5, 5.41) is 0. The van der Waals surface area contributed by atoms with Crippen molar-refractivity contribution in [1.82, 2.24) is 4.90 Å². The van der Waals surface area contributed by atoms with Crippen molar-refractivity contribution in [1.29, 1.82) is 0 Å². The van der Waals surface area contributed by atoms with Crippen molar-refractivity contribution in [2.45, 2.75) is 26.3 Å². The van der Waals surface area contributed by atoms with Crippen molar-refractivity contribution in [2.24, 2.45) is 0 Å². The third-order valence-corrected chi connectivity index (χ3v) is 2.96. The summed E-state index contributed by atoms with van der Waals surface area (Å²) in [6.07, 6.45) is -0.0595. The largest absolute Gasteiger partial charge is 0.496 e. The number of Topliss-reactive ketones (excluding diaryl/α,β-unsaturated/α-hetero) is 1. The summed E-state index contributed by atoms with van der Waals surface area (Å²) in [5.41, 5.74) is 0.930. The van der Waals surface area contributed by atoms with E-state index in [4.69, 9.17) is 4.74 Å². The Morgan fingerprint density at radius 3 is 2.50 bits per heavy atom. The second-order valence-corrected chi connectivity index (χ2v) is 4.30. The van der Waals surface area contributed by atoms with Crippen LogP contribution >= 0.6 is 0 Å². The molecule has 0 heterocycles. The molecule has 1 rings (SSSR count). The number of methoxy groups -OCH3 is 1. The van der Waals surface area contributed by atoms with Gasteiger partial charge in [-0.05, 0) is 19.9 Å². The lowest BCUT2D eigenvalue weighted by Gasteiger charge is -2.26. The highest BCUT2D eigenvalue weighted by Gasteiger charge is 2.20. The Morgan fingerprint density at radius 1 is 1.33 bits per heavy atom. The standard InChI is InChI=1S/C14H19NO3/c1-10(16)9-14(17)15(3)11(2)12-7-5-6-8-13(12)18-4/h5-8,11H,9H2,1-4H3. The van der Waals surface area contributed by atoms with Crippen molar-refractivity contribution in [3.05, 3.63) is 29.8 Å². The predicted molar refractivity (Wildman–Crippen MR) is 69.5 cm³/mol. The van der Waals surface area contributed by atoms with Crippen LogP contribution in [0.15, 0.2) is 24.3 Å². The molecular formula is C14H19NO3. The van der Waals surface area contributed by atoms with Gasteiger partial charge in [-0.3, -0.25) is 9.59 Å². The number of carbonyl (C=O) groups excluding carboxylic acids is 2. The minimum Gasteiger partial charge on any atom is -0.496 e. The normalized spacial score (nSPS) is 11.8. The van der Waals surface area contributed by atoms with Gasteiger partial charge in [-0.25, -0.2) is 0 Å². The van der Waals surface area contributed by atoms with Gasteiger partial charge in [0.15, 0.2) is 0 Å². The third kappa shape index (κ3) is 3.32. The number of amides is 1. The number of hydrogen-bond donors (Lipinski definition) is 0. The Balaban J connectivity index is 2.89. The maximum Gasteiger partial charge on any atom is 0.230 e. The van der Waals surface area contributed by atoms with Crippen LogP contribution in [0.3, 0.4) is 0 Å². The molecule has 0 fully saturated rings. The number of ether oxygens (including phenoxy) is 1. The average Bonchev–Trinajstić information content (AvgIpc) is 2.36. The lowest BCUT2D eigenvalue weighted by Crippen LogP contribution is -2.30. The fourth-order valence-corrected chi connectivity index (χ4v) is 1.77. The highest BCUT2D eigenvalue weighted by atomic mass is 16.5. The highest BCUT2D eigenvalue weighted by molar-refractivity contribution is 5.96. The number of para-hydroxylation sites is 1. The Labute approximate surface area is 108 Å². The van der Waals surface area contributed by atoms with Crippen molar-refractivity contribution >= 4 is 11.7 Å². The second kappa shape index (κ2) is 6.19. The van der Waals surface area contributed by atoms with Crippen LogP contribution in [0.4, 0.5) is 0 Å². The molecule has 0 aromatic heterocycles. The molecule has 0 spiro atoms. The van der Waals surface area contributed by atoms with Gasteiger partial charge in [0.2, 0.25) is 5.91 Å². The van der Waals surface area contributed by atoms with E-state index >= 15 is 0 Å². The lowest BCUT2D eigenvalue weighted by atomic mass is 10.1. The van der Waals surface area contributed by atoms with Crippen LogP contribution in [0.1, 0.15) is 31.9 Å². The van der Waals surface area contributed by atoms with Crippen molar-refractivity contribution in [2.75, 3.05) is 14.2 Å². The van der Waals surface area contributed by atoms with Gasteiger partial charge in [-0.2, -0.15) is 0 Å². The topological polar surface area (TPSA) is 46.6 Å². The first kappa shape index (κ1) is 14.2. The molecule has 0 radical (unpaired) electrons. The van der Waals surface area contributed by atoms with E-state index in [2.05, 4.69) is 0 Å². The van der Waals surface area contributed by atoms with Crippen molar-refractivity contribution in [3.63, 3.8) is 0 Å². The molecule has 18 heavy (non-hydrogen) atoms. The zero-order valence-corrected chi connectivity index (χ0v) is 11.3. The van der Waals surface area contributed by atoms with Gasteiger partial charge in [0.05, 0.1) is 19.6 Å². The van der Waals surface area contributed by atoms with Crippen molar-refractivity contribution < 1.29 is 14.3 Å². The molecule has 0 aliphatic carbocycles. The number of rotatable bonds is 5. The van der Waals surface area contributed by atoms with Gasteiger partial charge in [0, 0.05) is 12.6 Å². The molecule has 98 valence electrons. The van der Waals surface area contributed by atoms with E-state index in [0.717, 1.165) is 11.3 Å². The molecule has 1 aromatic carbocycles. The third-order valence-electron chi connectivity index (χ3n) is 2.96. The molecule has 4 heteroatoms. The molecule has 1 amide bonds. The maximum atomic E-state index is 11.8. The summed E-state index contributed by atoms with van der Waals surface area (Å²) in [7, 11) is 3.30. The predicted octanol–water partition coefficient (Wildman–Crippen LogP) is 2.19. The summed E-state index contributed by atoms with van der Waals surface area (Å²) in [5.74, 6) is 0.437. The Hall–Kier alpha value is -1.84. The fourth-order valence-electron chi connectivity index (χ4n) is 1.77. The average molecular weight is 249 g/mol. The van der Waals surface area contributed by atoms with Gasteiger partial charge in [-0.1, -0.05) is 18.2 Å². The van der Waals surface area contributed by atoms with E-state index in [0.29, 0.717) is 0 Å². The van der Waals surface area contributed by atoms with E-state index in [1.54, 1.807) is 19.1 Å². The van der Waals surface area contributed by atoms with Crippen LogP contribution in [0.25, 0.3) is 0 Å².